The Labute approximate surface area is 236 Å². The van der Waals surface area contributed by atoms with E-state index in [1.165, 1.54) is 24.8 Å². The number of methoxy groups -OCH3 is 1. The standard InChI is InChI=1S/C31H36N4O4S/c1-5-6-11-23-12-10-15-28(29(23)32)40(37,38)33-26-17-16-24(22-27(26)39-4)30(36)34-18-20-35(21-19-34)31(2,3)25-13-8-7-9-14-25/h5-17,22,33H,1,18-21,32H2,2-4H3/b11-6-. The van der Waals surface area contributed by atoms with Gasteiger partial charge in [-0.25, -0.2) is 8.42 Å². The number of amides is 1. The summed E-state index contributed by atoms with van der Waals surface area (Å²) >= 11 is 0. The van der Waals surface area contributed by atoms with Gasteiger partial charge in [-0.05, 0) is 49.2 Å². The number of para-hydroxylation sites is 1. The van der Waals surface area contributed by atoms with Gasteiger partial charge in [-0.15, -0.1) is 0 Å². The van der Waals surface area contributed by atoms with Gasteiger partial charge in [0.1, 0.15) is 10.6 Å². The minimum absolute atomic E-state index is 0.0581. The number of nitrogen functional groups attached to an aromatic ring is 1. The zero-order valence-corrected chi connectivity index (χ0v) is 23.9. The Balaban J connectivity index is 1.48. The quantitative estimate of drug-likeness (QED) is 0.283. The number of piperazine rings is 1. The molecule has 40 heavy (non-hydrogen) atoms. The molecule has 1 saturated heterocycles. The summed E-state index contributed by atoms with van der Waals surface area (Å²) in [6.45, 7) is 10.7. The largest absolute Gasteiger partial charge is 0.495 e. The number of ether oxygens (including phenoxy) is 1. The Hall–Kier alpha value is -4.08. The maximum Gasteiger partial charge on any atom is 0.264 e. The second kappa shape index (κ2) is 12.0. The first-order chi connectivity index (χ1) is 19.1. The molecule has 9 heteroatoms. The maximum absolute atomic E-state index is 13.4. The van der Waals surface area contributed by atoms with Crippen molar-refractivity contribution in [2.24, 2.45) is 0 Å². The topological polar surface area (TPSA) is 105 Å². The zero-order valence-electron chi connectivity index (χ0n) is 23.1. The molecule has 1 heterocycles. The molecule has 0 saturated carbocycles. The van der Waals surface area contributed by atoms with E-state index in [-0.39, 0.29) is 33.5 Å². The van der Waals surface area contributed by atoms with Crippen molar-refractivity contribution in [3.8, 4) is 5.75 Å². The lowest BCUT2D eigenvalue weighted by atomic mass is 9.91. The van der Waals surface area contributed by atoms with E-state index in [4.69, 9.17) is 10.5 Å². The van der Waals surface area contributed by atoms with Gasteiger partial charge in [0.25, 0.3) is 15.9 Å². The number of sulfonamides is 1. The van der Waals surface area contributed by atoms with Crippen molar-refractivity contribution >= 4 is 33.4 Å². The number of hydrogen-bond acceptors (Lipinski definition) is 6. The van der Waals surface area contributed by atoms with Crippen molar-refractivity contribution < 1.29 is 17.9 Å². The molecule has 0 aromatic heterocycles. The van der Waals surface area contributed by atoms with E-state index in [0.717, 1.165) is 13.1 Å². The van der Waals surface area contributed by atoms with Crippen molar-refractivity contribution in [2.45, 2.75) is 24.3 Å². The third-order valence-electron chi connectivity index (χ3n) is 7.33. The first kappa shape index (κ1) is 28.9. The maximum atomic E-state index is 13.4. The van der Waals surface area contributed by atoms with E-state index in [9.17, 15) is 13.2 Å². The minimum atomic E-state index is -4.04. The smallest absolute Gasteiger partial charge is 0.264 e. The molecule has 1 amide bonds. The Morgan fingerprint density at radius 2 is 1.73 bits per heavy atom. The predicted molar refractivity (Wildman–Crippen MR) is 161 cm³/mol. The fourth-order valence-corrected chi connectivity index (χ4v) is 6.13. The molecule has 0 radical (unpaired) electrons. The van der Waals surface area contributed by atoms with Crippen molar-refractivity contribution in [3.05, 3.63) is 102 Å². The normalized spacial score (nSPS) is 14.7. The summed E-state index contributed by atoms with van der Waals surface area (Å²) in [7, 11) is -2.60. The lowest BCUT2D eigenvalue weighted by Crippen LogP contribution is -2.54. The average Bonchev–Trinajstić information content (AvgIpc) is 2.96. The molecule has 0 bridgehead atoms. The van der Waals surface area contributed by atoms with E-state index in [2.05, 4.69) is 42.2 Å². The van der Waals surface area contributed by atoms with Crippen molar-refractivity contribution in [2.75, 3.05) is 43.7 Å². The van der Waals surface area contributed by atoms with Gasteiger partial charge in [0.2, 0.25) is 0 Å². The van der Waals surface area contributed by atoms with Crippen LogP contribution in [-0.2, 0) is 15.6 Å². The van der Waals surface area contributed by atoms with Crippen molar-refractivity contribution in [3.63, 3.8) is 0 Å². The Morgan fingerprint density at radius 3 is 2.38 bits per heavy atom. The van der Waals surface area contributed by atoms with Gasteiger partial charge in [0.15, 0.2) is 0 Å². The van der Waals surface area contributed by atoms with E-state index in [1.54, 1.807) is 42.5 Å². The molecular formula is C31H36N4O4S. The molecule has 8 nitrogen and oxygen atoms in total. The number of nitrogens with zero attached hydrogens (tertiary/aromatic N) is 2. The summed E-state index contributed by atoms with van der Waals surface area (Å²) in [6, 6.07) is 19.8. The molecule has 4 rings (SSSR count). The first-order valence-electron chi connectivity index (χ1n) is 13.1. The van der Waals surface area contributed by atoms with Gasteiger partial charge in [0, 0.05) is 37.3 Å². The third kappa shape index (κ3) is 6.05. The highest BCUT2D eigenvalue weighted by molar-refractivity contribution is 7.92. The molecule has 210 valence electrons. The van der Waals surface area contributed by atoms with Crippen LogP contribution >= 0.6 is 0 Å². The average molecular weight is 561 g/mol. The van der Waals surface area contributed by atoms with Crippen LogP contribution in [0, 0.1) is 0 Å². The fourth-order valence-electron chi connectivity index (χ4n) is 4.90. The number of nitrogens with two attached hydrogens (primary N) is 1. The van der Waals surface area contributed by atoms with E-state index in [0.29, 0.717) is 24.2 Å². The second-order valence-corrected chi connectivity index (χ2v) is 11.7. The number of allylic oxidation sites excluding steroid dienone is 2. The van der Waals surface area contributed by atoms with Gasteiger partial charge in [-0.1, -0.05) is 67.3 Å². The number of nitrogens with one attached hydrogen (secondary N) is 1. The molecule has 1 aliphatic heterocycles. The van der Waals surface area contributed by atoms with Gasteiger partial charge in [-0.3, -0.25) is 14.4 Å². The molecule has 3 N–H and O–H groups in total. The van der Waals surface area contributed by atoms with Crippen LogP contribution in [0.3, 0.4) is 0 Å². The Morgan fingerprint density at radius 1 is 1.02 bits per heavy atom. The number of benzene rings is 3. The molecular weight excluding hydrogens is 524 g/mol. The SMILES string of the molecule is C=C/C=C\c1cccc(S(=O)(=O)Nc2ccc(C(=O)N3CCN(C(C)(C)c4ccccc4)CC3)cc2OC)c1N. The van der Waals surface area contributed by atoms with Gasteiger partial charge >= 0.3 is 0 Å². The van der Waals surface area contributed by atoms with Crippen LogP contribution in [0.1, 0.15) is 35.3 Å². The van der Waals surface area contributed by atoms with Crippen LogP contribution in [0.15, 0.2) is 90.4 Å². The number of carbonyl (C=O) groups is 1. The molecule has 0 atom stereocenters. The van der Waals surface area contributed by atoms with Crippen LogP contribution in [0.4, 0.5) is 11.4 Å². The lowest BCUT2D eigenvalue weighted by molar-refractivity contribution is 0.0391. The van der Waals surface area contributed by atoms with E-state index < -0.39 is 10.0 Å². The minimum Gasteiger partial charge on any atom is -0.495 e. The predicted octanol–water partition coefficient (Wildman–Crippen LogP) is 4.97. The lowest BCUT2D eigenvalue weighted by Gasteiger charge is -2.44. The molecule has 0 aliphatic carbocycles. The molecule has 3 aromatic carbocycles. The van der Waals surface area contributed by atoms with Crippen LogP contribution in [0.25, 0.3) is 6.08 Å². The number of hydrogen-bond donors (Lipinski definition) is 2. The van der Waals surface area contributed by atoms with Crippen LogP contribution in [-0.4, -0.2) is 57.4 Å². The summed E-state index contributed by atoms with van der Waals surface area (Å²) in [5.74, 6) is 0.107. The van der Waals surface area contributed by atoms with Crippen LogP contribution < -0.4 is 15.2 Å². The molecule has 3 aromatic rings. The first-order valence-corrected chi connectivity index (χ1v) is 14.5. The molecule has 0 unspecified atom stereocenters. The number of rotatable bonds is 9. The van der Waals surface area contributed by atoms with E-state index in [1.807, 2.05) is 23.1 Å². The second-order valence-electron chi connectivity index (χ2n) is 10.1. The van der Waals surface area contributed by atoms with Gasteiger partial charge in [-0.2, -0.15) is 0 Å². The summed E-state index contributed by atoms with van der Waals surface area (Å²) in [6.07, 6.45) is 4.95. The summed E-state index contributed by atoms with van der Waals surface area (Å²) in [4.78, 5) is 17.5. The molecule has 1 fully saturated rings. The number of carbonyl (C=O) groups excluding carboxylic acids is 1. The van der Waals surface area contributed by atoms with Crippen molar-refractivity contribution in [1.82, 2.24) is 9.80 Å². The van der Waals surface area contributed by atoms with Crippen molar-refractivity contribution in [1.29, 1.82) is 0 Å². The fraction of sp³-hybridized carbons (Fsp3) is 0.258. The monoisotopic (exact) mass is 560 g/mol. The summed E-state index contributed by atoms with van der Waals surface area (Å²) in [5, 5.41) is 0. The third-order valence-corrected chi connectivity index (χ3v) is 8.76. The van der Waals surface area contributed by atoms with Crippen LogP contribution in [0.5, 0.6) is 5.75 Å². The highest BCUT2D eigenvalue weighted by atomic mass is 32.2. The van der Waals surface area contributed by atoms with Gasteiger partial charge in [0.05, 0.1) is 18.5 Å². The highest BCUT2D eigenvalue weighted by Crippen LogP contribution is 2.32. The van der Waals surface area contributed by atoms with Crippen LogP contribution in [0.2, 0.25) is 0 Å². The summed E-state index contributed by atoms with van der Waals surface area (Å²) in [5.41, 5.74) is 8.56. The zero-order chi connectivity index (χ0) is 28.9. The molecule has 1 aliphatic rings. The molecule has 0 spiro atoms. The van der Waals surface area contributed by atoms with E-state index >= 15 is 0 Å². The summed E-state index contributed by atoms with van der Waals surface area (Å²) < 4.78 is 34.5. The Bertz CT molecular complexity index is 1510. The highest BCUT2D eigenvalue weighted by Gasteiger charge is 2.33. The number of anilines is 2. The Kier molecular flexibility index (Phi) is 8.66. The van der Waals surface area contributed by atoms with Gasteiger partial charge < -0.3 is 15.4 Å².